The number of aldehydes is 1. The summed E-state index contributed by atoms with van der Waals surface area (Å²) in [6, 6.07) is 27.9. The highest BCUT2D eigenvalue weighted by Crippen LogP contribution is 2.36. The summed E-state index contributed by atoms with van der Waals surface area (Å²) in [5.74, 6) is 2.29. The Morgan fingerprint density at radius 1 is 0.788 bits per heavy atom. The van der Waals surface area contributed by atoms with Crippen molar-refractivity contribution >= 4 is 47.6 Å². The minimum atomic E-state index is 0. The van der Waals surface area contributed by atoms with E-state index >= 15 is 0 Å². The summed E-state index contributed by atoms with van der Waals surface area (Å²) in [7, 11) is 0. The van der Waals surface area contributed by atoms with Gasteiger partial charge in [-0.3, -0.25) is 9.69 Å². The molecule has 0 saturated carbocycles. The Morgan fingerprint density at radius 2 is 1.46 bits per heavy atom. The van der Waals surface area contributed by atoms with Gasteiger partial charge in [0.1, 0.15) is 29.5 Å². The third-order valence-electron chi connectivity index (χ3n) is 8.69. The third kappa shape index (κ3) is 10.7. The lowest BCUT2D eigenvalue weighted by molar-refractivity contribution is -0.104. The van der Waals surface area contributed by atoms with Crippen LogP contribution in [0, 0.1) is 13.8 Å². The van der Waals surface area contributed by atoms with Gasteiger partial charge in [0.05, 0.1) is 24.0 Å². The molecule has 1 aliphatic rings. The second kappa shape index (κ2) is 18.8. The highest BCUT2D eigenvalue weighted by atomic mass is 35.5. The Labute approximate surface area is 321 Å². The normalized spacial score (nSPS) is 13.3. The average Bonchev–Trinajstić information content (AvgIpc) is 3.14. The monoisotopic (exact) mass is 758 g/mol. The molecule has 0 radical (unpaired) electrons. The SMILES string of the molecule is Cc1ccc(COc2ccc(Oc3c(C)cc(/C(=C\C=O)N4CCN(Cc5ccc(CCOc6ccc(Cl)nc6)cc5)CC4)cc3Cl)nc2)cc1.Cl. The molecule has 0 aliphatic carbocycles. The number of nitrogens with zero attached hydrogens (tertiary/aromatic N) is 4. The molecule has 11 heteroatoms. The molecule has 0 atom stereocenters. The summed E-state index contributed by atoms with van der Waals surface area (Å²) in [6.45, 7) is 9.18. The van der Waals surface area contributed by atoms with Crippen LogP contribution in [0.15, 0.2) is 103 Å². The first-order chi connectivity index (χ1) is 24.8. The molecule has 1 fully saturated rings. The van der Waals surface area contributed by atoms with Crippen LogP contribution in [0.4, 0.5) is 0 Å². The van der Waals surface area contributed by atoms with Gasteiger partial charge in [0.2, 0.25) is 5.88 Å². The number of halogens is 3. The number of rotatable bonds is 14. The van der Waals surface area contributed by atoms with Crippen LogP contribution >= 0.6 is 35.6 Å². The molecule has 0 N–H and O–H groups in total. The molecule has 5 aromatic rings. The predicted octanol–water partition coefficient (Wildman–Crippen LogP) is 9.17. The highest BCUT2D eigenvalue weighted by Gasteiger charge is 2.22. The van der Waals surface area contributed by atoms with Crippen molar-refractivity contribution in [2.45, 2.75) is 33.4 Å². The lowest BCUT2D eigenvalue weighted by atomic mass is 10.1. The standard InChI is InChI=1S/C41H40Cl2N4O4.ClH/c1-29-3-5-33(6-4-29)28-50-36-12-14-40(45-26-36)51-41-30(2)23-34(24-37(41)42)38(15-21-48)47-19-17-46(18-20-47)27-32-9-7-31(8-10-32)16-22-49-35-11-13-39(43)44-25-35;/h3-15,21,23-26H,16-20,22,27-28H2,1-2H3;1H/b38-15+;. The number of benzene rings is 3. The fourth-order valence-corrected chi connectivity index (χ4v) is 6.29. The second-order valence-electron chi connectivity index (χ2n) is 12.5. The van der Waals surface area contributed by atoms with Gasteiger partial charge in [0, 0.05) is 57.0 Å². The van der Waals surface area contributed by atoms with Crippen LogP contribution in [0.1, 0.15) is 33.4 Å². The molecular formula is C41H41Cl3N4O4. The number of aromatic nitrogens is 2. The van der Waals surface area contributed by atoms with Gasteiger partial charge in [-0.05, 0) is 72.0 Å². The van der Waals surface area contributed by atoms with Crippen molar-refractivity contribution in [3.05, 3.63) is 147 Å². The van der Waals surface area contributed by atoms with Gasteiger partial charge < -0.3 is 19.1 Å². The van der Waals surface area contributed by atoms with Crippen molar-refractivity contribution < 1.29 is 19.0 Å². The van der Waals surface area contributed by atoms with Crippen molar-refractivity contribution in [1.82, 2.24) is 19.8 Å². The molecule has 0 amide bonds. The summed E-state index contributed by atoms with van der Waals surface area (Å²) in [4.78, 5) is 24.9. The molecular weight excluding hydrogens is 719 g/mol. The van der Waals surface area contributed by atoms with Crippen LogP contribution < -0.4 is 14.2 Å². The molecule has 270 valence electrons. The highest BCUT2D eigenvalue weighted by molar-refractivity contribution is 6.32. The molecule has 8 nitrogen and oxygen atoms in total. The van der Waals surface area contributed by atoms with Crippen molar-refractivity contribution in [3.8, 4) is 23.1 Å². The van der Waals surface area contributed by atoms with E-state index < -0.39 is 0 Å². The minimum absolute atomic E-state index is 0. The zero-order chi connectivity index (χ0) is 35.6. The van der Waals surface area contributed by atoms with E-state index in [9.17, 15) is 4.79 Å². The summed E-state index contributed by atoms with van der Waals surface area (Å²) in [5.41, 5.74) is 7.32. The zero-order valence-electron chi connectivity index (χ0n) is 29.1. The lowest BCUT2D eigenvalue weighted by Crippen LogP contribution is -2.45. The van der Waals surface area contributed by atoms with Gasteiger partial charge in [-0.15, -0.1) is 12.4 Å². The maximum Gasteiger partial charge on any atom is 0.219 e. The van der Waals surface area contributed by atoms with E-state index in [-0.39, 0.29) is 12.4 Å². The maximum absolute atomic E-state index is 11.8. The van der Waals surface area contributed by atoms with Crippen molar-refractivity contribution in [2.24, 2.45) is 0 Å². The molecule has 2 aromatic heterocycles. The first-order valence-electron chi connectivity index (χ1n) is 16.9. The van der Waals surface area contributed by atoms with Gasteiger partial charge >= 0.3 is 0 Å². The van der Waals surface area contributed by atoms with E-state index in [1.165, 1.54) is 16.7 Å². The fourth-order valence-electron chi connectivity index (χ4n) is 5.88. The Kier molecular flexibility index (Phi) is 13.9. The summed E-state index contributed by atoms with van der Waals surface area (Å²) >= 11 is 12.6. The van der Waals surface area contributed by atoms with Crippen LogP contribution in [-0.4, -0.2) is 58.8 Å². The number of pyridine rings is 2. The van der Waals surface area contributed by atoms with Crippen LogP contribution in [0.2, 0.25) is 10.2 Å². The number of carbonyl (C=O) groups is 1. The second-order valence-corrected chi connectivity index (χ2v) is 13.3. The molecule has 0 spiro atoms. The molecule has 0 unspecified atom stereocenters. The Morgan fingerprint density at radius 3 is 2.12 bits per heavy atom. The number of allylic oxidation sites excluding steroid dienone is 1. The van der Waals surface area contributed by atoms with E-state index in [0.717, 1.165) is 67.8 Å². The molecule has 3 aromatic carbocycles. The number of piperazine rings is 1. The third-order valence-corrected chi connectivity index (χ3v) is 9.20. The number of carbonyl (C=O) groups excluding carboxylic acids is 1. The Balaban J connectivity index is 0.00000523. The van der Waals surface area contributed by atoms with Gasteiger partial charge in [-0.25, -0.2) is 9.97 Å². The Bertz CT molecular complexity index is 1910. The van der Waals surface area contributed by atoms with E-state index in [1.54, 1.807) is 30.6 Å². The summed E-state index contributed by atoms with van der Waals surface area (Å²) < 4.78 is 17.8. The van der Waals surface area contributed by atoms with Gasteiger partial charge in [0.25, 0.3) is 0 Å². The largest absolute Gasteiger partial charge is 0.492 e. The summed E-state index contributed by atoms with van der Waals surface area (Å²) in [5, 5.41) is 0.894. The number of hydrogen-bond donors (Lipinski definition) is 0. The molecule has 0 bridgehead atoms. The maximum atomic E-state index is 11.8. The van der Waals surface area contributed by atoms with E-state index in [1.807, 2.05) is 43.3 Å². The quantitative estimate of drug-likeness (QED) is 0.0631. The number of ether oxygens (including phenoxy) is 3. The van der Waals surface area contributed by atoms with Gasteiger partial charge in [0.15, 0.2) is 5.75 Å². The van der Waals surface area contributed by atoms with Crippen LogP contribution in [0.5, 0.6) is 23.1 Å². The lowest BCUT2D eigenvalue weighted by Gasteiger charge is -2.37. The topological polar surface area (TPSA) is 77.0 Å². The van der Waals surface area contributed by atoms with E-state index in [2.05, 4.69) is 63.1 Å². The van der Waals surface area contributed by atoms with E-state index in [0.29, 0.717) is 46.5 Å². The van der Waals surface area contributed by atoms with E-state index in [4.69, 9.17) is 37.4 Å². The number of hydrogen-bond acceptors (Lipinski definition) is 8. The predicted molar refractivity (Wildman–Crippen MR) is 209 cm³/mol. The zero-order valence-corrected chi connectivity index (χ0v) is 31.5. The first-order valence-corrected chi connectivity index (χ1v) is 17.7. The summed E-state index contributed by atoms with van der Waals surface area (Å²) in [6.07, 6.45) is 6.53. The molecule has 52 heavy (non-hydrogen) atoms. The van der Waals surface area contributed by atoms with Crippen molar-refractivity contribution in [3.63, 3.8) is 0 Å². The first kappa shape index (κ1) is 38.6. The van der Waals surface area contributed by atoms with Crippen LogP contribution in [-0.2, 0) is 24.4 Å². The Hall–Kier alpha value is -4.60. The van der Waals surface area contributed by atoms with Crippen molar-refractivity contribution in [1.29, 1.82) is 0 Å². The molecule has 1 saturated heterocycles. The molecule has 1 aliphatic heterocycles. The van der Waals surface area contributed by atoms with Gasteiger partial charge in [-0.1, -0.05) is 77.3 Å². The molecule has 6 rings (SSSR count). The fraction of sp³-hybridized carbons (Fsp3) is 0.244. The molecule has 3 heterocycles. The minimum Gasteiger partial charge on any atom is -0.492 e. The van der Waals surface area contributed by atoms with Crippen LogP contribution in [0.3, 0.4) is 0 Å². The average molecular weight is 760 g/mol. The van der Waals surface area contributed by atoms with Crippen molar-refractivity contribution in [2.75, 3.05) is 32.8 Å². The van der Waals surface area contributed by atoms with Gasteiger partial charge in [-0.2, -0.15) is 0 Å². The smallest absolute Gasteiger partial charge is 0.219 e. The number of aryl methyl sites for hydroxylation is 2. The van der Waals surface area contributed by atoms with Crippen LogP contribution in [0.25, 0.3) is 5.70 Å².